The molecule has 2 aromatic rings. The number of Topliss-reactive ketones (excluding diaryl/α,β-unsaturated/α-hetero) is 1. The summed E-state index contributed by atoms with van der Waals surface area (Å²) < 4.78 is 5.33. The number of carbonyl (C=O) groups excluding carboxylic acids is 1. The van der Waals surface area contributed by atoms with Crippen molar-refractivity contribution >= 4 is 5.78 Å². The van der Waals surface area contributed by atoms with Gasteiger partial charge < -0.3 is 15.4 Å². The minimum absolute atomic E-state index is 0.0520. The molecule has 186 valence electrons. The second-order valence-corrected chi connectivity index (χ2v) is 10.7. The number of rotatable bonds is 4. The van der Waals surface area contributed by atoms with E-state index in [1.54, 1.807) is 7.11 Å². The van der Waals surface area contributed by atoms with E-state index >= 15 is 0 Å². The lowest BCUT2D eigenvalue weighted by atomic mass is 9.68. The Hall–Kier alpha value is -3.60. The van der Waals surface area contributed by atoms with Crippen molar-refractivity contribution in [2.45, 2.75) is 57.7 Å². The van der Waals surface area contributed by atoms with Crippen molar-refractivity contribution in [3.8, 4) is 11.8 Å². The minimum Gasteiger partial charge on any atom is -0.497 e. The molecule has 3 aliphatic rings. The summed E-state index contributed by atoms with van der Waals surface area (Å²) in [5.41, 5.74) is 17.5. The molecule has 1 saturated heterocycles. The SMILES string of the molecule is COc1ccc(C2C(C#N)=C(N)N(C3NNC(C)C3c3ccccc3)C3=C2C(=O)CC(C)(C)C3)cc1. The smallest absolute Gasteiger partial charge is 0.162 e. The lowest BCUT2D eigenvalue weighted by Gasteiger charge is -2.47. The Kier molecular flexibility index (Phi) is 6.11. The van der Waals surface area contributed by atoms with Crippen molar-refractivity contribution < 1.29 is 9.53 Å². The molecule has 4 unspecified atom stereocenters. The van der Waals surface area contributed by atoms with Crippen molar-refractivity contribution in [1.82, 2.24) is 15.8 Å². The number of ketones is 1. The summed E-state index contributed by atoms with van der Waals surface area (Å²) in [4.78, 5) is 15.8. The standard InChI is InChI=1S/C29H33N5O2/c1-17-24(18-8-6-5-7-9-18)28(33-32-17)34-22-14-29(2,3)15-23(35)26(22)25(21(16-30)27(34)31)19-10-12-20(36-4)13-11-19/h5-13,17,24-25,28,32-33H,14-15,31H2,1-4H3. The quantitative estimate of drug-likeness (QED) is 0.603. The number of benzene rings is 2. The molecule has 36 heavy (non-hydrogen) atoms. The fourth-order valence-electron chi connectivity index (χ4n) is 6.02. The number of hydrazine groups is 1. The van der Waals surface area contributed by atoms with Gasteiger partial charge in [0.25, 0.3) is 0 Å². The van der Waals surface area contributed by atoms with Crippen LogP contribution in [0.3, 0.4) is 0 Å². The Labute approximate surface area is 212 Å². The zero-order valence-corrected chi connectivity index (χ0v) is 21.2. The average Bonchev–Trinajstić information content (AvgIpc) is 3.24. The summed E-state index contributed by atoms with van der Waals surface area (Å²) in [5.74, 6) is 0.742. The van der Waals surface area contributed by atoms with E-state index in [4.69, 9.17) is 10.5 Å². The molecule has 0 aromatic heterocycles. The van der Waals surface area contributed by atoms with Gasteiger partial charge in [-0.3, -0.25) is 10.2 Å². The second-order valence-electron chi connectivity index (χ2n) is 10.7. The Morgan fingerprint density at radius 1 is 1.06 bits per heavy atom. The number of allylic oxidation sites excluding steroid dienone is 3. The van der Waals surface area contributed by atoms with E-state index in [9.17, 15) is 10.1 Å². The van der Waals surface area contributed by atoms with Gasteiger partial charge in [0.05, 0.1) is 24.7 Å². The summed E-state index contributed by atoms with van der Waals surface area (Å²) in [6, 6.07) is 20.4. The minimum atomic E-state index is -0.502. The van der Waals surface area contributed by atoms with E-state index < -0.39 is 5.92 Å². The maximum absolute atomic E-state index is 13.8. The number of nitrogens with two attached hydrogens (primary N) is 1. The predicted octanol–water partition coefficient (Wildman–Crippen LogP) is 4.04. The van der Waals surface area contributed by atoms with Crippen molar-refractivity contribution in [1.29, 1.82) is 5.26 Å². The highest BCUT2D eigenvalue weighted by molar-refractivity contribution is 6.00. The Morgan fingerprint density at radius 3 is 2.39 bits per heavy atom. The van der Waals surface area contributed by atoms with Crippen LogP contribution in [0.1, 0.15) is 56.6 Å². The Bertz CT molecular complexity index is 1270. The van der Waals surface area contributed by atoms with Gasteiger partial charge in [-0.25, -0.2) is 5.43 Å². The molecular formula is C29H33N5O2. The van der Waals surface area contributed by atoms with Gasteiger partial charge in [-0.05, 0) is 42.0 Å². The van der Waals surface area contributed by atoms with Gasteiger partial charge in [-0.2, -0.15) is 5.26 Å². The highest BCUT2D eigenvalue weighted by atomic mass is 16.5. The number of hydrogen-bond donors (Lipinski definition) is 3. The topological polar surface area (TPSA) is 103 Å². The van der Waals surface area contributed by atoms with E-state index in [1.165, 1.54) is 5.56 Å². The first-order chi connectivity index (χ1) is 17.3. The van der Waals surface area contributed by atoms with Crippen LogP contribution >= 0.6 is 0 Å². The molecule has 1 fully saturated rings. The first kappa shape index (κ1) is 24.1. The van der Waals surface area contributed by atoms with Crippen LogP contribution in [-0.4, -0.2) is 30.0 Å². The fraction of sp³-hybridized carbons (Fsp3) is 0.379. The molecule has 0 bridgehead atoms. The first-order valence-electron chi connectivity index (χ1n) is 12.4. The number of nitriles is 1. The number of carbonyl (C=O) groups is 1. The van der Waals surface area contributed by atoms with Gasteiger partial charge >= 0.3 is 0 Å². The third-order valence-corrected chi connectivity index (χ3v) is 7.67. The van der Waals surface area contributed by atoms with Gasteiger partial charge in [0.15, 0.2) is 5.78 Å². The van der Waals surface area contributed by atoms with E-state index in [1.807, 2.05) is 47.4 Å². The van der Waals surface area contributed by atoms with E-state index in [0.717, 1.165) is 17.0 Å². The van der Waals surface area contributed by atoms with Crippen molar-refractivity contribution in [2.75, 3.05) is 7.11 Å². The molecule has 1 aliphatic carbocycles. The van der Waals surface area contributed by atoms with Gasteiger partial charge in [0.2, 0.25) is 0 Å². The first-order valence-corrected chi connectivity index (χ1v) is 12.4. The largest absolute Gasteiger partial charge is 0.497 e. The number of hydrogen-bond acceptors (Lipinski definition) is 7. The van der Waals surface area contributed by atoms with E-state index in [2.05, 4.69) is 49.8 Å². The average molecular weight is 484 g/mol. The highest BCUT2D eigenvalue weighted by Crippen LogP contribution is 2.50. The van der Waals surface area contributed by atoms with Crippen LogP contribution in [0.5, 0.6) is 5.75 Å². The normalized spacial score (nSPS) is 27.6. The maximum atomic E-state index is 13.8. The molecule has 2 aliphatic heterocycles. The summed E-state index contributed by atoms with van der Waals surface area (Å²) in [7, 11) is 1.62. The second kappa shape index (κ2) is 9.12. The molecule has 7 nitrogen and oxygen atoms in total. The summed E-state index contributed by atoms with van der Waals surface area (Å²) >= 11 is 0. The number of nitrogens with one attached hydrogen (secondary N) is 2. The number of ether oxygens (including phenoxy) is 1. The maximum Gasteiger partial charge on any atom is 0.162 e. The molecule has 2 aromatic carbocycles. The zero-order chi connectivity index (χ0) is 25.6. The third kappa shape index (κ3) is 3.97. The summed E-state index contributed by atoms with van der Waals surface area (Å²) in [5, 5.41) is 10.4. The van der Waals surface area contributed by atoms with Crippen LogP contribution < -0.4 is 21.3 Å². The van der Waals surface area contributed by atoms with Crippen LogP contribution in [-0.2, 0) is 4.79 Å². The fourth-order valence-corrected chi connectivity index (χ4v) is 6.02. The Morgan fingerprint density at radius 2 is 1.75 bits per heavy atom. The van der Waals surface area contributed by atoms with Gasteiger partial charge in [0.1, 0.15) is 17.7 Å². The lowest BCUT2D eigenvalue weighted by molar-refractivity contribution is -0.118. The molecule has 4 atom stereocenters. The molecule has 4 N–H and O–H groups in total. The number of methoxy groups -OCH3 is 1. The van der Waals surface area contributed by atoms with Crippen molar-refractivity contribution in [3.05, 3.63) is 88.4 Å². The van der Waals surface area contributed by atoms with E-state index in [-0.39, 0.29) is 29.3 Å². The van der Waals surface area contributed by atoms with Crippen LogP contribution in [0, 0.1) is 16.7 Å². The van der Waals surface area contributed by atoms with Gasteiger partial charge in [-0.1, -0.05) is 56.3 Å². The molecule has 7 heteroatoms. The molecule has 2 heterocycles. The lowest BCUT2D eigenvalue weighted by Crippen LogP contribution is -2.52. The number of nitrogens with zero attached hydrogens (tertiary/aromatic N) is 2. The van der Waals surface area contributed by atoms with Gasteiger partial charge in [0, 0.05) is 29.7 Å². The van der Waals surface area contributed by atoms with Crippen LogP contribution in [0.4, 0.5) is 0 Å². The summed E-state index contributed by atoms with van der Waals surface area (Å²) in [6.07, 6.45) is 0.864. The van der Waals surface area contributed by atoms with E-state index in [0.29, 0.717) is 29.8 Å². The molecule has 0 saturated carbocycles. The van der Waals surface area contributed by atoms with Crippen molar-refractivity contribution in [2.24, 2.45) is 11.1 Å². The van der Waals surface area contributed by atoms with Crippen LogP contribution in [0.25, 0.3) is 0 Å². The van der Waals surface area contributed by atoms with Crippen molar-refractivity contribution in [3.63, 3.8) is 0 Å². The predicted molar refractivity (Wildman–Crippen MR) is 138 cm³/mol. The summed E-state index contributed by atoms with van der Waals surface area (Å²) in [6.45, 7) is 6.37. The van der Waals surface area contributed by atoms with Crippen LogP contribution in [0.15, 0.2) is 77.3 Å². The highest BCUT2D eigenvalue weighted by Gasteiger charge is 2.49. The molecule has 0 radical (unpaired) electrons. The van der Waals surface area contributed by atoms with Gasteiger partial charge in [-0.15, -0.1) is 0 Å². The molecule has 0 spiro atoms. The molecular weight excluding hydrogens is 450 g/mol. The molecule has 0 amide bonds. The monoisotopic (exact) mass is 483 g/mol. The third-order valence-electron chi connectivity index (χ3n) is 7.67. The van der Waals surface area contributed by atoms with Crippen LogP contribution in [0.2, 0.25) is 0 Å². The Balaban J connectivity index is 1.69. The molecule has 5 rings (SSSR count). The zero-order valence-electron chi connectivity index (χ0n) is 21.2.